The predicted molar refractivity (Wildman–Crippen MR) is 89.6 cm³/mol. The van der Waals surface area contributed by atoms with Gasteiger partial charge in [-0.05, 0) is 24.6 Å². The molecule has 0 fully saturated rings. The van der Waals surface area contributed by atoms with Crippen molar-refractivity contribution in [1.82, 2.24) is 9.97 Å². The van der Waals surface area contributed by atoms with E-state index in [1.165, 1.54) is 6.33 Å². The summed E-state index contributed by atoms with van der Waals surface area (Å²) in [5, 5.41) is 7.38. The molecule has 1 aromatic carbocycles. The quantitative estimate of drug-likeness (QED) is 0.689. The molecule has 0 amide bonds. The van der Waals surface area contributed by atoms with Gasteiger partial charge in [0.1, 0.15) is 12.0 Å². The van der Waals surface area contributed by atoms with Gasteiger partial charge in [0.2, 0.25) is 0 Å². The molecule has 0 atom stereocenters. The van der Waals surface area contributed by atoms with E-state index in [4.69, 9.17) is 28.9 Å². The van der Waals surface area contributed by atoms with E-state index < -0.39 is 0 Å². The molecule has 2 aromatic rings. The minimum Gasteiger partial charge on any atom is -0.393 e. The molecule has 0 saturated carbocycles. The van der Waals surface area contributed by atoms with Crippen LogP contribution in [0.15, 0.2) is 24.5 Å². The number of unbranched alkanes of at least 4 members (excludes halogenated alkanes) is 1. The molecule has 0 spiro atoms. The first-order chi connectivity index (χ1) is 10.1. The summed E-state index contributed by atoms with van der Waals surface area (Å²) >= 11 is 11.9. The van der Waals surface area contributed by atoms with Crippen LogP contribution in [0.2, 0.25) is 10.0 Å². The Hall–Kier alpha value is -1.72. The summed E-state index contributed by atoms with van der Waals surface area (Å²) in [4.78, 5) is 8.30. The van der Waals surface area contributed by atoms with Gasteiger partial charge in [-0.25, -0.2) is 9.97 Å². The van der Waals surface area contributed by atoms with E-state index in [0.717, 1.165) is 25.1 Å². The average Bonchev–Trinajstić information content (AvgIpc) is 2.42. The molecule has 21 heavy (non-hydrogen) atoms. The molecular weight excluding hydrogens is 309 g/mol. The fraction of sp³-hybridized carbons (Fsp3) is 0.286. The zero-order chi connectivity index (χ0) is 15.2. The van der Waals surface area contributed by atoms with Gasteiger partial charge in [0, 0.05) is 22.3 Å². The normalized spacial score (nSPS) is 10.4. The van der Waals surface area contributed by atoms with E-state index in [-0.39, 0.29) is 0 Å². The first kappa shape index (κ1) is 15.7. The standard InChI is InChI=1S/C14H17Cl2N5/c1-2-3-4-18-13-12(17)14(20-8-19-13)21-11-6-9(15)5-10(16)7-11/h5-8H,2-4,17H2,1H3,(H2,18,19,20,21). The largest absolute Gasteiger partial charge is 0.393 e. The molecule has 0 bridgehead atoms. The second kappa shape index (κ2) is 7.33. The molecule has 2 rings (SSSR count). The third-order valence-corrected chi connectivity index (χ3v) is 3.27. The molecule has 0 saturated heterocycles. The summed E-state index contributed by atoms with van der Waals surface area (Å²) in [5.74, 6) is 1.14. The summed E-state index contributed by atoms with van der Waals surface area (Å²) in [6, 6.07) is 5.16. The number of nitrogens with two attached hydrogens (primary N) is 1. The first-order valence-electron chi connectivity index (χ1n) is 6.67. The highest BCUT2D eigenvalue weighted by Crippen LogP contribution is 2.29. The Morgan fingerprint density at radius 2 is 1.76 bits per heavy atom. The number of hydrogen-bond acceptors (Lipinski definition) is 5. The summed E-state index contributed by atoms with van der Waals surface area (Å²) in [6.45, 7) is 2.95. The van der Waals surface area contributed by atoms with Gasteiger partial charge in [0.05, 0.1) is 0 Å². The van der Waals surface area contributed by atoms with Crippen molar-refractivity contribution in [3.63, 3.8) is 0 Å². The van der Waals surface area contributed by atoms with Crippen LogP contribution in [0.5, 0.6) is 0 Å². The highest BCUT2D eigenvalue weighted by Gasteiger charge is 2.08. The predicted octanol–water partition coefficient (Wildman–Crippen LogP) is 4.32. The minimum atomic E-state index is 0.463. The molecular formula is C14H17Cl2N5. The van der Waals surface area contributed by atoms with Crippen molar-refractivity contribution >= 4 is 46.2 Å². The van der Waals surface area contributed by atoms with Crippen molar-refractivity contribution in [2.24, 2.45) is 0 Å². The van der Waals surface area contributed by atoms with Gasteiger partial charge in [-0.15, -0.1) is 0 Å². The van der Waals surface area contributed by atoms with Gasteiger partial charge < -0.3 is 16.4 Å². The third kappa shape index (κ3) is 4.37. The topological polar surface area (TPSA) is 75.9 Å². The lowest BCUT2D eigenvalue weighted by Crippen LogP contribution is -2.09. The summed E-state index contributed by atoms with van der Waals surface area (Å²) in [6.07, 6.45) is 3.61. The Morgan fingerprint density at radius 3 is 2.43 bits per heavy atom. The van der Waals surface area contributed by atoms with Crippen molar-refractivity contribution < 1.29 is 0 Å². The molecule has 5 nitrogen and oxygen atoms in total. The van der Waals surface area contributed by atoms with E-state index in [1.807, 2.05) is 0 Å². The maximum Gasteiger partial charge on any atom is 0.159 e. The van der Waals surface area contributed by atoms with Crippen molar-refractivity contribution in [2.75, 3.05) is 22.9 Å². The molecule has 7 heteroatoms. The first-order valence-corrected chi connectivity index (χ1v) is 7.43. The number of nitrogens with zero attached hydrogens (tertiary/aromatic N) is 2. The Balaban J connectivity index is 2.18. The average molecular weight is 326 g/mol. The number of benzene rings is 1. The zero-order valence-electron chi connectivity index (χ0n) is 11.7. The van der Waals surface area contributed by atoms with E-state index in [2.05, 4.69) is 27.5 Å². The Labute approximate surface area is 133 Å². The van der Waals surface area contributed by atoms with Crippen LogP contribution in [0.25, 0.3) is 0 Å². The summed E-state index contributed by atoms with van der Waals surface area (Å²) < 4.78 is 0. The van der Waals surface area contributed by atoms with E-state index in [0.29, 0.717) is 27.4 Å². The lowest BCUT2D eigenvalue weighted by molar-refractivity contribution is 0.831. The molecule has 0 aliphatic rings. The Morgan fingerprint density at radius 1 is 1.10 bits per heavy atom. The van der Waals surface area contributed by atoms with Crippen LogP contribution in [0.1, 0.15) is 19.8 Å². The van der Waals surface area contributed by atoms with Crippen LogP contribution in [-0.2, 0) is 0 Å². The van der Waals surface area contributed by atoms with Gasteiger partial charge in [-0.3, -0.25) is 0 Å². The van der Waals surface area contributed by atoms with Gasteiger partial charge in [0.25, 0.3) is 0 Å². The number of rotatable bonds is 6. The number of nitrogens with one attached hydrogen (secondary N) is 2. The summed E-state index contributed by atoms with van der Waals surface area (Å²) in [5.41, 5.74) is 7.26. The summed E-state index contributed by atoms with van der Waals surface area (Å²) in [7, 11) is 0. The lowest BCUT2D eigenvalue weighted by Gasteiger charge is -2.12. The maximum absolute atomic E-state index is 6.07. The fourth-order valence-electron chi connectivity index (χ4n) is 1.78. The molecule has 4 N–H and O–H groups in total. The number of anilines is 4. The number of nitrogen functional groups attached to an aromatic ring is 1. The SMILES string of the molecule is CCCCNc1ncnc(Nc2cc(Cl)cc(Cl)c2)c1N. The molecule has 0 radical (unpaired) electrons. The third-order valence-electron chi connectivity index (χ3n) is 2.83. The maximum atomic E-state index is 6.07. The number of halogens is 2. The van der Waals surface area contributed by atoms with Crippen LogP contribution < -0.4 is 16.4 Å². The Kier molecular flexibility index (Phi) is 5.47. The van der Waals surface area contributed by atoms with E-state index in [1.54, 1.807) is 18.2 Å². The molecule has 1 heterocycles. The fourth-order valence-corrected chi connectivity index (χ4v) is 2.31. The van der Waals surface area contributed by atoms with Gasteiger partial charge in [-0.1, -0.05) is 36.5 Å². The van der Waals surface area contributed by atoms with Gasteiger partial charge in [-0.2, -0.15) is 0 Å². The second-order valence-corrected chi connectivity index (χ2v) is 5.42. The van der Waals surface area contributed by atoms with Crippen molar-refractivity contribution in [3.8, 4) is 0 Å². The number of aromatic nitrogens is 2. The molecule has 0 unspecified atom stereocenters. The van der Waals surface area contributed by atoms with Crippen LogP contribution >= 0.6 is 23.2 Å². The highest BCUT2D eigenvalue weighted by molar-refractivity contribution is 6.35. The Bertz CT molecular complexity index is 598. The van der Waals surface area contributed by atoms with Crippen molar-refractivity contribution in [1.29, 1.82) is 0 Å². The van der Waals surface area contributed by atoms with E-state index in [9.17, 15) is 0 Å². The van der Waals surface area contributed by atoms with Crippen LogP contribution in [-0.4, -0.2) is 16.5 Å². The molecule has 1 aromatic heterocycles. The van der Waals surface area contributed by atoms with Crippen LogP contribution in [0.4, 0.5) is 23.0 Å². The zero-order valence-corrected chi connectivity index (χ0v) is 13.2. The monoisotopic (exact) mass is 325 g/mol. The van der Waals surface area contributed by atoms with Crippen LogP contribution in [0.3, 0.4) is 0 Å². The second-order valence-electron chi connectivity index (χ2n) is 4.55. The minimum absolute atomic E-state index is 0.463. The van der Waals surface area contributed by atoms with Gasteiger partial charge in [0.15, 0.2) is 11.6 Å². The lowest BCUT2D eigenvalue weighted by atomic mass is 10.3. The highest BCUT2D eigenvalue weighted by atomic mass is 35.5. The van der Waals surface area contributed by atoms with Gasteiger partial charge >= 0.3 is 0 Å². The molecule has 0 aliphatic heterocycles. The molecule has 0 aliphatic carbocycles. The van der Waals surface area contributed by atoms with Crippen LogP contribution in [0, 0.1) is 0 Å². The van der Waals surface area contributed by atoms with E-state index >= 15 is 0 Å². The smallest absolute Gasteiger partial charge is 0.159 e. The number of hydrogen-bond donors (Lipinski definition) is 3. The molecule has 112 valence electrons. The van der Waals surface area contributed by atoms with Crippen molar-refractivity contribution in [3.05, 3.63) is 34.6 Å². The van der Waals surface area contributed by atoms with Crippen molar-refractivity contribution in [2.45, 2.75) is 19.8 Å².